The normalized spacial score (nSPS) is 13.8. The number of thiazole rings is 1. The molecule has 1 aliphatic rings. The Morgan fingerprint density at radius 2 is 1.71 bits per heavy atom. The van der Waals surface area contributed by atoms with Gasteiger partial charge in [-0.25, -0.2) is 13.4 Å². The number of aryl methyl sites for hydroxylation is 1. The molecule has 2 heterocycles. The van der Waals surface area contributed by atoms with Crippen molar-refractivity contribution in [1.29, 1.82) is 0 Å². The number of likely N-dealkylation sites (N-methyl/N-ethyl adjacent to an activating group) is 1. The third-order valence-electron chi connectivity index (χ3n) is 6.61. The molecule has 10 heteroatoms. The molecule has 0 unspecified atom stereocenters. The van der Waals surface area contributed by atoms with Gasteiger partial charge in [0.15, 0.2) is 5.13 Å². The van der Waals surface area contributed by atoms with Gasteiger partial charge in [0, 0.05) is 31.7 Å². The van der Waals surface area contributed by atoms with Crippen molar-refractivity contribution in [3.8, 4) is 0 Å². The van der Waals surface area contributed by atoms with Crippen molar-refractivity contribution in [2.75, 3.05) is 38.6 Å². The van der Waals surface area contributed by atoms with E-state index in [1.54, 1.807) is 17.0 Å². The van der Waals surface area contributed by atoms with Crippen LogP contribution in [0.5, 0.6) is 0 Å². The van der Waals surface area contributed by atoms with E-state index >= 15 is 0 Å². The Hall–Kier alpha value is -2.82. The molecule has 0 radical (unpaired) electrons. The largest absolute Gasteiger partial charge is 0.308 e. The number of carbonyl (C=O) groups is 1. The van der Waals surface area contributed by atoms with Crippen molar-refractivity contribution in [2.45, 2.75) is 24.8 Å². The smallest absolute Gasteiger partial charge is 0.260 e. The monoisotopic (exact) mass is 570 g/mol. The fraction of sp³-hybridized carbons (Fsp3) is 0.286. The summed E-state index contributed by atoms with van der Waals surface area (Å²) in [7, 11) is 0.252. The quantitative estimate of drug-likeness (QED) is 0.313. The molecule has 0 N–H and O–H groups in total. The molecular formula is C28H31ClN4O3S2. The summed E-state index contributed by atoms with van der Waals surface area (Å²) in [5.74, 6) is -0.200. The highest BCUT2D eigenvalue weighted by atomic mass is 35.5. The third-order valence-corrected chi connectivity index (χ3v) is 9.51. The van der Waals surface area contributed by atoms with Gasteiger partial charge in [-0.3, -0.25) is 9.69 Å². The molecular weight excluding hydrogens is 540 g/mol. The van der Waals surface area contributed by atoms with Crippen LogP contribution in [0.3, 0.4) is 0 Å². The van der Waals surface area contributed by atoms with E-state index in [2.05, 4.69) is 6.07 Å². The molecule has 200 valence electrons. The standard InChI is InChI=1S/C28H30N4O3S2.ClH/c1-20-8-13-25-26(18-20)36-28(29-25)32(17-16-30(2)3)27(33)22-9-11-24(12-10-22)37(34,35)31-15-14-21-6-4-5-7-23(21)19-31;/h4-13,18H,14-17,19H2,1-3H3;1H. The van der Waals surface area contributed by atoms with Crippen LogP contribution in [0.15, 0.2) is 71.6 Å². The summed E-state index contributed by atoms with van der Waals surface area (Å²) in [6, 6.07) is 20.3. The van der Waals surface area contributed by atoms with Crippen LogP contribution >= 0.6 is 23.7 Å². The number of nitrogens with zero attached hydrogens (tertiary/aromatic N) is 4. The Bertz CT molecular complexity index is 1550. The Kier molecular flexibility index (Phi) is 8.54. The highest BCUT2D eigenvalue weighted by molar-refractivity contribution is 7.89. The molecule has 4 aromatic rings. The van der Waals surface area contributed by atoms with E-state index in [0.29, 0.717) is 43.3 Å². The molecule has 1 amide bonds. The van der Waals surface area contributed by atoms with Crippen LogP contribution in [-0.2, 0) is 23.0 Å². The molecule has 3 aromatic carbocycles. The first-order valence-electron chi connectivity index (χ1n) is 12.2. The SMILES string of the molecule is Cc1ccc2nc(N(CCN(C)C)C(=O)c3ccc(S(=O)(=O)N4CCc5ccccc5C4)cc3)sc2c1.Cl. The first kappa shape index (κ1) is 28.2. The minimum absolute atomic E-state index is 0. The summed E-state index contributed by atoms with van der Waals surface area (Å²) in [5, 5.41) is 0.635. The number of rotatable bonds is 7. The molecule has 0 atom stereocenters. The van der Waals surface area contributed by atoms with Crippen LogP contribution in [-0.4, -0.2) is 62.2 Å². The molecule has 38 heavy (non-hydrogen) atoms. The van der Waals surface area contributed by atoms with Crippen LogP contribution in [0.1, 0.15) is 27.0 Å². The molecule has 0 saturated heterocycles. The first-order chi connectivity index (χ1) is 17.7. The fourth-order valence-electron chi connectivity index (χ4n) is 4.47. The van der Waals surface area contributed by atoms with Gasteiger partial charge in [0.2, 0.25) is 10.0 Å². The van der Waals surface area contributed by atoms with Gasteiger partial charge in [-0.15, -0.1) is 12.4 Å². The van der Waals surface area contributed by atoms with Gasteiger partial charge in [-0.05, 0) is 80.5 Å². The average Bonchev–Trinajstić information content (AvgIpc) is 3.31. The summed E-state index contributed by atoms with van der Waals surface area (Å²) in [6.45, 7) is 3.97. The van der Waals surface area contributed by atoms with Crippen molar-refractivity contribution >= 4 is 55.0 Å². The zero-order valence-electron chi connectivity index (χ0n) is 21.6. The lowest BCUT2D eigenvalue weighted by molar-refractivity contribution is 0.0985. The van der Waals surface area contributed by atoms with Crippen LogP contribution in [0, 0.1) is 6.92 Å². The lowest BCUT2D eigenvalue weighted by atomic mass is 10.0. The van der Waals surface area contributed by atoms with E-state index in [1.807, 2.05) is 62.3 Å². The van der Waals surface area contributed by atoms with Crippen molar-refractivity contribution in [3.05, 3.63) is 89.0 Å². The Balaban J connectivity index is 0.00000336. The number of anilines is 1. The maximum atomic E-state index is 13.6. The minimum Gasteiger partial charge on any atom is -0.308 e. The number of carbonyl (C=O) groups excluding carboxylic acids is 1. The van der Waals surface area contributed by atoms with E-state index in [0.717, 1.165) is 21.3 Å². The number of hydrogen-bond acceptors (Lipinski definition) is 6. The molecule has 7 nitrogen and oxygen atoms in total. The lowest BCUT2D eigenvalue weighted by Crippen LogP contribution is -2.37. The van der Waals surface area contributed by atoms with Crippen LogP contribution in [0.4, 0.5) is 5.13 Å². The van der Waals surface area contributed by atoms with E-state index in [-0.39, 0.29) is 23.2 Å². The predicted molar refractivity (Wildman–Crippen MR) is 156 cm³/mol. The Morgan fingerprint density at radius 3 is 2.42 bits per heavy atom. The molecule has 0 bridgehead atoms. The van der Waals surface area contributed by atoms with Gasteiger partial charge in [0.25, 0.3) is 5.91 Å². The van der Waals surface area contributed by atoms with Crippen LogP contribution in [0.25, 0.3) is 10.2 Å². The molecule has 5 rings (SSSR count). The van der Waals surface area contributed by atoms with E-state index in [1.165, 1.54) is 33.3 Å². The highest BCUT2D eigenvalue weighted by Gasteiger charge is 2.29. The van der Waals surface area contributed by atoms with E-state index < -0.39 is 10.0 Å². The topological polar surface area (TPSA) is 73.8 Å². The number of aromatic nitrogens is 1. The van der Waals surface area contributed by atoms with Crippen molar-refractivity contribution in [2.24, 2.45) is 0 Å². The van der Waals surface area contributed by atoms with Gasteiger partial charge in [0.05, 0.1) is 15.1 Å². The summed E-state index contributed by atoms with van der Waals surface area (Å²) in [5.41, 5.74) is 4.65. The third kappa shape index (κ3) is 5.77. The van der Waals surface area contributed by atoms with Crippen LogP contribution in [0.2, 0.25) is 0 Å². The molecule has 0 spiro atoms. The van der Waals surface area contributed by atoms with Gasteiger partial charge in [0.1, 0.15) is 0 Å². The first-order valence-corrected chi connectivity index (χ1v) is 14.5. The van der Waals surface area contributed by atoms with Gasteiger partial charge < -0.3 is 4.90 Å². The maximum absolute atomic E-state index is 13.6. The minimum atomic E-state index is -3.67. The average molecular weight is 571 g/mol. The highest BCUT2D eigenvalue weighted by Crippen LogP contribution is 2.31. The summed E-state index contributed by atoms with van der Waals surface area (Å²) < 4.78 is 29.3. The summed E-state index contributed by atoms with van der Waals surface area (Å²) in [6.07, 6.45) is 0.689. The second-order valence-corrected chi connectivity index (χ2v) is 12.6. The van der Waals surface area contributed by atoms with Crippen molar-refractivity contribution in [3.63, 3.8) is 0 Å². The summed E-state index contributed by atoms with van der Waals surface area (Å²) in [4.78, 5) is 22.2. The zero-order chi connectivity index (χ0) is 26.2. The van der Waals surface area contributed by atoms with E-state index in [4.69, 9.17) is 4.98 Å². The number of amides is 1. The number of hydrogen-bond donors (Lipinski definition) is 0. The van der Waals surface area contributed by atoms with Gasteiger partial charge in [-0.1, -0.05) is 41.7 Å². The number of sulfonamides is 1. The lowest BCUT2D eigenvalue weighted by Gasteiger charge is -2.28. The second-order valence-electron chi connectivity index (χ2n) is 9.61. The van der Waals surface area contributed by atoms with Crippen LogP contribution < -0.4 is 4.90 Å². The number of halogens is 1. The molecule has 1 aliphatic heterocycles. The molecule has 0 aliphatic carbocycles. The summed E-state index contributed by atoms with van der Waals surface area (Å²) >= 11 is 1.49. The molecule has 0 saturated carbocycles. The predicted octanol–water partition coefficient (Wildman–Crippen LogP) is 4.98. The Labute approximate surface area is 234 Å². The maximum Gasteiger partial charge on any atom is 0.260 e. The van der Waals surface area contributed by atoms with E-state index in [9.17, 15) is 13.2 Å². The van der Waals surface area contributed by atoms with Gasteiger partial charge in [-0.2, -0.15) is 4.31 Å². The molecule has 0 fully saturated rings. The van der Waals surface area contributed by atoms with Crippen molar-refractivity contribution < 1.29 is 13.2 Å². The zero-order valence-corrected chi connectivity index (χ0v) is 24.1. The number of fused-ring (bicyclic) bond motifs is 2. The van der Waals surface area contributed by atoms with Crippen molar-refractivity contribution in [1.82, 2.24) is 14.2 Å². The fourth-order valence-corrected chi connectivity index (χ4v) is 6.98. The van der Waals surface area contributed by atoms with Gasteiger partial charge >= 0.3 is 0 Å². The second kappa shape index (κ2) is 11.5. The number of benzene rings is 3. The molecule has 1 aromatic heterocycles. The Morgan fingerprint density at radius 1 is 1.00 bits per heavy atom.